The van der Waals surface area contributed by atoms with Crippen LogP contribution in [0.2, 0.25) is 0 Å². The molecule has 8 heteroatoms. The van der Waals surface area contributed by atoms with Gasteiger partial charge in [0.2, 0.25) is 0 Å². The molecule has 1 aromatic carbocycles. The Kier molecular flexibility index (Phi) is 11.0. The second-order valence-electron chi connectivity index (χ2n) is 2.83. The van der Waals surface area contributed by atoms with Crippen LogP contribution in [-0.2, 0) is 4.74 Å². The van der Waals surface area contributed by atoms with Crippen LogP contribution in [0.4, 0.5) is 0 Å². The third-order valence-corrected chi connectivity index (χ3v) is 1.77. The molecule has 0 atom stereocenters. The van der Waals surface area contributed by atoms with Gasteiger partial charge in [-0.05, 0) is 18.2 Å². The van der Waals surface area contributed by atoms with Crippen LogP contribution in [-0.4, -0.2) is 25.8 Å². The molecule has 0 aliphatic rings. The number of ether oxygens (including phenoxy) is 2. The molecule has 0 unspecified atom stereocenters. The van der Waals surface area contributed by atoms with Gasteiger partial charge in [-0.25, -0.2) is 0 Å². The number of benzene rings is 1. The molecule has 0 radical (unpaired) electrons. The van der Waals surface area contributed by atoms with Gasteiger partial charge in [0.1, 0.15) is 5.75 Å². The van der Waals surface area contributed by atoms with E-state index in [1.54, 1.807) is 0 Å². The zero-order valence-electron chi connectivity index (χ0n) is 10.4. The van der Waals surface area contributed by atoms with Crippen molar-refractivity contribution in [2.75, 3.05) is 13.9 Å². The third kappa shape index (κ3) is 5.71. The van der Waals surface area contributed by atoms with E-state index in [-0.39, 0.29) is 71.7 Å². The molecule has 0 amide bonds. The molecule has 0 aliphatic carbocycles. The summed E-state index contributed by atoms with van der Waals surface area (Å²) < 4.78 is 9.56. The smallest absolute Gasteiger partial charge is 0.545 e. The van der Waals surface area contributed by atoms with Gasteiger partial charge < -0.3 is 29.3 Å². The number of carbonyl (C=O) groups is 2. The number of hydrogen-bond donors (Lipinski definition) is 0. The van der Waals surface area contributed by atoms with E-state index in [2.05, 4.69) is 4.74 Å². The van der Waals surface area contributed by atoms with Gasteiger partial charge in [-0.2, -0.15) is 0 Å². The van der Waals surface area contributed by atoms with E-state index in [1.165, 1.54) is 13.2 Å². The average Bonchev–Trinajstić information content (AvgIpc) is 2.25. The van der Waals surface area contributed by atoms with E-state index in [0.717, 1.165) is 12.1 Å². The normalized spacial score (nSPS) is 8.72. The number of rotatable bonds is 5. The summed E-state index contributed by atoms with van der Waals surface area (Å²) in [6.45, 7) is -0.0723. The van der Waals surface area contributed by atoms with Gasteiger partial charge in [-0.15, -0.1) is 0 Å². The molecule has 1 rings (SSSR count). The summed E-state index contributed by atoms with van der Waals surface area (Å²) >= 11 is 0. The number of methoxy groups -OCH3 is 1. The number of carbonyl (C=O) groups excluding carboxylic acids is 2. The number of carboxylic acid groups (broad SMARTS) is 2. The van der Waals surface area contributed by atoms with Gasteiger partial charge in [-0.3, -0.25) is 0 Å². The molecule has 18 heavy (non-hydrogen) atoms. The molecular formula is C10H8Na2O6. The minimum absolute atomic E-state index is 0. The Morgan fingerprint density at radius 2 is 1.67 bits per heavy atom. The fraction of sp³-hybridized carbons (Fsp3) is 0.200. The fourth-order valence-electron chi connectivity index (χ4n) is 1.09. The molecule has 0 N–H and O–H groups in total. The van der Waals surface area contributed by atoms with Crippen LogP contribution in [0, 0.1) is 0 Å². The Labute approximate surface area is 148 Å². The van der Waals surface area contributed by atoms with Crippen LogP contribution in [0.25, 0.3) is 0 Å². The summed E-state index contributed by atoms with van der Waals surface area (Å²) in [5.74, 6) is -3.02. The van der Waals surface area contributed by atoms with Gasteiger partial charge in [-0.1, -0.05) is 0 Å². The maximum absolute atomic E-state index is 10.7. The summed E-state index contributed by atoms with van der Waals surface area (Å²) in [6.07, 6.45) is 0. The topological polar surface area (TPSA) is 98.7 Å². The van der Waals surface area contributed by atoms with E-state index < -0.39 is 23.1 Å². The summed E-state index contributed by atoms with van der Waals surface area (Å²) in [5.41, 5.74) is -0.946. The summed E-state index contributed by atoms with van der Waals surface area (Å²) in [4.78, 5) is 21.2. The summed E-state index contributed by atoms with van der Waals surface area (Å²) in [7, 11) is 1.40. The first kappa shape index (κ1) is 20.2. The van der Waals surface area contributed by atoms with Crippen LogP contribution >= 0.6 is 0 Å². The molecule has 0 fully saturated rings. The summed E-state index contributed by atoms with van der Waals surface area (Å²) in [6, 6.07) is 3.42. The van der Waals surface area contributed by atoms with Crippen molar-refractivity contribution >= 4 is 11.9 Å². The molecule has 0 heterocycles. The molecule has 86 valence electrons. The van der Waals surface area contributed by atoms with E-state index in [9.17, 15) is 19.8 Å². The first-order valence-corrected chi connectivity index (χ1v) is 4.24. The van der Waals surface area contributed by atoms with E-state index in [4.69, 9.17) is 4.74 Å². The predicted molar refractivity (Wildman–Crippen MR) is 47.6 cm³/mol. The fourth-order valence-corrected chi connectivity index (χ4v) is 1.09. The molecule has 0 aromatic heterocycles. The standard InChI is InChI=1S/C10H10O6.2Na/c1-15-5-16-6-2-3-7(9(11)12)8(4-6)10(13)14;;/h2-4H,5H2,1H3,(H,11,12)(H,13,14);;/q;2*+1/p-2. The average molecular weight is 270 g/mol. The van der Waals surface area contributed by atoms with E-state index >= 15 is 0 Å². The Hall–Kier alpha value is -0.0800. The first-order chi connectivity index (χ1) is 7.56. The first-order valence-electron chi connectivity index (χ1n) is 4.24. The SMILES string of the molecule is COCOc1ccc(C(=O)[O-])c(C(=O)[O-])c1.[Na+].[Na+]. The largest absolute Gasteiger partial charge is 1.00 e. The molecule has 6 nitrogen and oxygen atoms in total. The second-order valence-corrected chi connectivity index (χ2v) is 2.83. The van der Waals surface area contributed by atoms with Gasteiger partial charge >= 0.3 is 59.1 Å². The Morgan fingerprint density at radius 1 is 1.11 bits per heavy atom. The second kappa shape index (κ2) is 9.80. The maximum Gasteiger partial charge on any atom is 1.00 e. The molecular weight excluding hydrogens is 262 g/mol. The van der Waals surface area contributed by atoms with Crippen LogP contribution in [0.5, 0.6) is 5.75 Å². The van der Waals surface area contributed by atoms with Crippen LogP contribution in [0.1, 0.15) is 20.7 Å². The number of hydrogen-bond acceptors (Lipinski definition) is 6. The zero-order chi connectivity index (χ0) is 12.1. The van der Waals surface area contributed by atoms with Crippen molar-refractivity contribution in [3.05, 3.63) is 29.3 Å². The predicted octanol–water partition coefficient (Wildman–Crippen LogP) is -7.60. The van der Waals surface area contributed by atoms with E-state index in [0.29, 0.717) is 0 Å². The Morgan fingerprint density at radius 3 is 2.11 bits per heavy atom. The minimum atomic E-state index is -1.61. The van der Waals surface area contributed by atoms with Crippen molar-refractivity contribution in [3.63, 3.8) is 0 Å². The van der Waals surface area contributed by atoms with Crippen LogP contribution < -0.4 is 74.1 Å². The monoisotopic (exact) mass is 270 g/mol. The zero-order valence-corrected chi connectivity index (χ0v) is 14.4. The van der Waals surface area contributed by atoms with Gasteiger partial charge in [0.15, 0.2) is 6.79 Å². The van der Waals surface area contributed by atoms with Crippen molar-refractivity contribution in [1.82, 2.24) is 0 Å². The summed E-state index contributed by atoms with van der Waals surface area (Å²) in [5, 5.41) is 21.2. The van der Waals surface area contributed by atoms with Gasteiger partial charge in [0.05, 0.1) is 11.9 Å². The quantitative estimate of drug-likeness (QED) is 0.389. The molecule has 0 aliphatic heterocycles. The van der Waals surface area contributed by atoms with Crippen molar-refractivity contribution in [2.24, 2.45) is 0 Å². The third-order valence-electron chi connectivity index (χ3n) is 1.77. The van der Waals surface area contributed by atoms with E-state index in [1.807, 2.05) is 0 Å². The van der Waals surface area contributed by atoms with Crippen molar-refractivity contribution in [1.29, 1.82) is 0 Å². The van der Waals surface area contributed by atoms with Gasteiger partial charge in [0, 0.05) is 18.2 Å². The molecule has 0 spiro atoms. The molecule has 0 saturated heterocycles. The van der Waals surface area contributed by atoms with Crippen LogP contribution in [0.3, 0.4) is 0 Å². The van der Waals surface area contributed by atoms with Crippen molar-refractivity contribution in [3.8, 4) is 5.75 Å². The molecule has 0 saturated carbocycles. The maximum atomic E-state index is 10.7. The molecule has 0 bridgehead atoms. The minimum Gasteiger partial charge on any atom is -0.545 e. The van der Waals surface area contributed by atoms with Crippen molar-refractivity contribution in [2.45, 2.75) is 0 Å². The van der Waals surface area contributed by atoms with Crippen molar-refractivity contribution < 1.29 is 88.4 Å². The Balaban J connectivity index is 0. The number of carboxylic acids is 2. The van der Waals surface area contributed by atoms with Gasteiger partial charge in [0.25, 0.3) is 0 Å². The number of aromatic carboxylic acids is 2. The van der Waals surface area contributed by atoms with Crippen LogP contribution in [0.15, 0.2) is 18.2 Å². The Bertz CT molecular complexity index is 421. The molecule has 1 aromatic rings.